The first-order valence-electron chi connectivity index (χ1n) is 4.87. The molecule has 80 valence electrons. The number of rotatable bonds is 3. The minimum Gasteiger partial charge on any atom is -0.358 e. The molecule has 1 aliphatic rings. The van der Waals surface area contributed by atoms with Gasteiger partial charge in [0.25, 0.3) is 0 Å². The van der Waals surface area contributed by atoms with Crippen molar-refractivity contribution >= 4 is 11.8 Å². The van der Waals surface area contributed by atoms with Gasteiger partial charge in [-0.2, -0.15) is 0 Å². The Morgan fingerprint density at radius 3 is 2.64 bits per heavy atom. The highest BCUT2D eigenvalue weighted by Crippen LogP contribution is 2.23. The van der Waals surface area contributed by atoms with Gasteiger partial charge in [-0.3, -0.25) is 9.59 Å². The number of likely N-dealkylation sites (N-methyl/N-ethyl adjacent to an activating group) is 1. The topological polar surface area (TPSA) is 84.2 Å². The van der Waals surface area contributed by atoms with E-state index in [-0.39, 0.29) is 30.3 Å². The van der Waals surface area contributed by atoms with Gasteiger partial charge in [0.2, 0.25) is 11.8 Å². The van der Waals surface area contributed by atoms with Crippen LogP contribution in [0.4, 0.5) is 0 Å². The molecule has 0 aromatic heterocycles. The van der Waals surface area contributed by atoms with E-state index in [0.717, 1.165) is 19.3 Å². The average Bonchev–Trinajstić information content (AvgIpc) is 2.60. The summed E-state index contributed by atoms with van der Waals surface area (Å²) in [5.74, 6) is -0.239. The second-order valence-electron chi connectivity index (χ2n) is 3.66. The van der Waals surface area contributed by atoms with Gasteiger partial charge in [0.15, 0.2) is 0 Å². The summed E-state index contributed by atoms with van der Waals surface area (Å²) in [5, 5.41) is 5.03. The molecule has 1 saturated carbocycles. The maximum Gasteiger partial charge on any atom is 0.239 e. The van der Waals surface area contributed by atoms with Crippen molar-refractivity contribution in [2.45, 2.75) is 25.3 Å². The Bertz CT molecular complexity index is 230. The van der Waals surface area contributed by atoms with Crippen molar-refractivity contribution in [3.63, 3.8) is 0 Å². The Morgan fingerprint density at radius 2 is 2.14 bits per heavy atom. The van der Waals surface area contributed by atoms with Gasteiger partial charge in [-0.15, -0.1) is 0 Å². The first-order valence-corrected chi connectivity index (χ1v) is 4.87. The molecule has 1 rings (SSSR count). The highest BCUT2D eigenvalue weighted by Gasteiger charge is 2.27. The lowest BCUT2D eigenvalue weighted by atomic mass is 10.1. The number of carbonyl (C=O) groups is 2. The van der Waals surface area contributed by atoms with Gasteiger partial charge in [-0.05, 0) is 19.3 Å². The molecule has 2 atom stereocenters. The number of carbonyl (C=O) groups excluding carboxylic acids is 2. The Hall–Kier alpha value is -1.10. The lowest BCUT2D eigenvalue weighted by Crippen LogP contribution is -2.38. The van der Waals surface area contributed by atoms with Crippen LogP contribution in [0, 0.1) is 5.92 Å². The van der Waals surface area contributed by atoms with E-state index in [1.807, 2.05) is 0 Å². The zero-order valence-corrected chi connectivity index (χ0v) is 8.38. The third-order valence-electron chi connectivity index (χ3n) is 2.55. The minimum absolute atomic E-state index is 0.00495. The highest BCUT2D eigenvalue weighted by molar-refractivity contribution is 5.85. The minimum atomic E-state index is -0.180. The molecule has 0 heterocycles. The fourth-order valence-electron chi connectivity index (χ4n) is 1.65. The normalized spacial score (nSPS) is 25.9. The van der Waals surface area contributed by atoms with Crippen molar-refractivity contribution in [1.29, 1.82) is 0 Å². The summed E-state index contributed by atoms with van der Waals surface area (Å²) in [7, 11) is 1.54. The summed E-state index contributed by atoms with van der Waals surface area (Å²) in [6, 6.07) is 0.144. The number of nitrogens with two attached hydrogens (primary N) is 1. The molecule has 0 aromatic rings. The maximum absolute atomic E-state index is 11.5. The fraction of sp³-hybridized carbons (Fsp3) is 0.778. The van der Waals surface area contributed by atoms with E-state index in [4.69, 9.17) is 5.73 Å². The van der Waals surface area contributed by atoms with E-state index < -0.39 is 0 Å². The molecule has 0 aliphatic heterocycles. The maximum atomic E-state index is 11.5. The predicted molar refractivity (Wildman–Crippen MR) is 52.4 cm³/mol. The molecule has 4 N–H and O–H groups in total. The van der Waals surface area contributed by atoms with E-state index in [9.17, 15) is 9.59 Å². The lowest BCUT2D eigenvalue weighted by Gasteiger charge is -2.09. The summed E-state index contributed by atoms with van der Waals surface area (Å²) in [5.41, 5.74) is 5.69. The molecule has 5 nitrogen and oxygen atoms in total. The standard InChI is InChI=1S/C9H17N3O2/c1-11-8(13)5-12-9(14)6-2-3-7(10)4-6/h6-7H,2-5,10H2,1H3,(H,11,13)(H,12,14). The molecule has 1 aliphatic carbocycles. The number of nitrogens with one attached hydrogen (secondary N) is 2. The van der Waals surface area contributed by atoms with Gasteiger partial charge in [0, 0.05) is 19.0 Å². The van der Waals surface area contributed by atoms with Gasteiger partial charge in [0.1, 0.15) is 0 Å². The molecule has 0 aromatic carbocycles. The molecule has 1 fully saturated rings. The van der Waals surface area contributed by atoms with E-state index in [2.05, 4.69) is 10.6 Å². The Labute approximate surface area is 83.4 Å². The summed E-state index contributed by atoms with van der Waals surface area (Å²) in [4.78, 5) is 22.3. The summed E-state index contributed by atoms with van der Waals surface area (Å²) in [6.45, 7) is 0.0566. The second-order valence-corrected chi connectivity index (χ2v) is 3.66. The first-order chi connectivity index (χ1) is 6.63. The molecule has 2 unspecified atom stereocenters. The van der Waals surface area contributed by atoms with Crippen LogP contribution in [0.5, 0.6) is 0 Å². The predicted octanol–water partition coefficient (Wildman–Crippen LogP) is -1.02. The first kappa shape index (κ1) is 11.0. The van der Waals surface area contributed by atoms with Crippen LogP contribution in [0.3, 0.4) is 0 Å². The van der Waals surface area contributed by atoms with Crippen molar-refractivity contribution < 1.29 is 9.59 Å². The average molecular weight is 199 g/mol. The van der Waals surface area contributed by atoms with Crippen molar-refractivity contribution in [2.24, 2.45) is 11.7 Å². The van der Waals surface area contributed by atoms with E-state index in [1.165, 1.54) is 0 Å². The lowest BCUT2D eigenvalue weighted by molar-refractivity contribution is -0.128. The van der Waals surface area contributed by atoms with Gasteiger partial charge in [0.05, 0.1) is 6.54 Å². The van der Waals surface area contributed by atoms with Crippen LogP contribution in [0.25, 0.3) is 0 Å². The molecular formula is C9H17N3O2. The highest BCUT2D eigenvalue weighted by atomic mass is 16.2. The Balaban J connectivity index is 2.25. The molecular weight excluding hydrogens is 182 g/mol. The molecule has 5 heteroatoms. The Kier molecular flexibility index (Phi) is 3.88. The summed E-state index contributed by atoms with van der Waals surface area (Å²) < 4.78 is 0. The zero-order chi connectivity index (χ0) is 10.6. The smallest absolute Gasteiger partial charge is 0.239 e. The van der Waals surface area contributed by atoms with Crippen molar-refractivity contribution in [3.05, 3.63) is 0 Å². The van der Waals surface area contributed by atoms with Crippen LogP contribution in [-0.4, -0.2) is 31.4 Å². The number of amides is 2. The molecule has 14 heavy (non-hydrogen) atoms. The van der Waals surface area contributed by atoms with Crippen LogP contribution < -0.4 is 16.4 Å². The molecule has 0 spiro atoms. The summed E-state index contributed by atoms with van der Waals surface area (Å²) in [6.07, 6.45) is 2.47. The van der Waals surface area contributed by atoms with Crippen LogP contribution in [0.1, 0.15) is 19.3 Å². The summed E-state index contributed by atoms with van der Waals surface area (Å²) >= 11 is 0. The molecule has 0 bridgehead atoms. The van der Waals surface area contributed by atoms with Crippen molar-refractivity contribution in [2.75, 3.05) is 13.6 Å². The van der Waals surface area contributed by atoms with Gasteiger partial charge in [-0.25, -0.2) is 0 Å². The zero-order valence-electron chi connectivity index (χ0n) is 8.38. The van der Waals surface area contributed by atoms with Crippen LogP contribution in [0.2, 0.25) is 0 Å². The van der Waals surface area contributed by atoms with E-state index in [0.29, 0.717) is 0 Å². The number of hydrogen-bond acceptors (Lipinski definition) is 3. The van der Waals surface area contributed by atoms with Gasteiger partial charge >= 0.3 is 0 Å². The fourth-order valence-corrected chi connectivity index (χ4v) is 1.65. The number of hydrogen-bond donors (Lipinski definition) is 3. The largest absolute Gasteiger partial charge is 0.358 e. The van der Waals surface area contributed by atoms with Crippen LogP contribution in [0.15, 0.2) is 0 Å². The second kappa shape index (κ2) is 4.95. The molecule has 0 radical (unpaired) electrons. The molecule has 0 saturated heterocycles. The van der Waals surface area contributed by atoms with Crippen molar-refractivity contribution in [3.8, 4) is 0 Å². The molecule has 2 amide bonds. The van der Waals surface area contributed by atoms with Crippen LogP contribution >= 0.6 is 0 Å². The van der Waals surface area contributed by atoms with Crippen LogP contribution in [-0.2, 0) is 9.59 Å². The SMILES string of the molecule is CNC(=O)CNC(=O)C1CCC(N)C1. The monoisotopic (exact) mass is 199 g/mol. The van der Waals surface area contributed by atoms with Gasteiger partial charge < -0.3 is 16.4 Å². The Morgan fingerprint density at radius 1 is 1.43 bits per heavy atom. The van der Waals surface area contributed by atoms with E-state index in [1.54, 1.807) is 7.05 Å². The third-order valence-corrected chi connectivity index (χ3v) is 2.55. The quantitative estimate of drug-likeness (QED) is 0.543. The van der Waals surface area contributed by atoms with E-state index >= 15 is 0 Å². The van der Waals surface area contributed by atoms with Gasteiger partial charge in [-0.1, -0.05) is 0 Å². The van der Waals surface area contributed by atoms with Crippen molar-refractivity contribution in [1.82, 2.24) is 10.6 Å². The third kappa shape index (κ3) is 2.99.